The van der Waals surface area contributed by atoms with Gasteiger partial charge in [0, 0.05) is 37.2 Å². The van der Waals surface area contributed by atoms with Gasteiger partial charge in [-0.1, -0.05) is 51.1 Å². The first-order valence-electron chi connectivity index (χ1n) is 8.91. The second-order valence-corrected chi connectivity index (χ2v) is 7.68. The van der Waals surface area contributed by atoms with Crippen LogP contribution in [-0.2, 0) is 4.79 Å². The van der Waals surface area contributed by atoms with Gasteiger partial charge in [0.15, 0.2) is 5.76 Å². The van der Waals surface area contributed by atoms with Crippen molar-refractivity contribution in [2.24, 2.45) is 5.41 Å². The number of aromatic nitrogens is 1. The molecule has 1 aromatic heterocycles. The van der Waals surface area contributed by atoms with Crippen LogP contribution in [0.3, 0.4) is 0 Å². The first-order chi connectivity index (χ1) is 11.9. The molecule has 0 spiro atoms. The average Bonchev–Trinajstić information content (AvgIpc) is 3.11. The standard InChI is InChI=1S/C20H27N3O2/c1-15(18-21-14-17(25-18)16-8-6-5-7-9-16)22-10-12-23(13-11-22)19(24)20(2,3)4/h5-9,14-15H,10-13H2,1-4H3/t15-/m0/s1. The fourth-order valence-corrected chi connectivity index (χ4v) is 3.16. The number of oxazole rings is 1. The van der Waals surface area contributed by atoms with Gasteiger partial charge in [0.1, 0.15) is 0 Å². The molecule has 0 unspecified atom stereocenters. The normalized spacial score (nSPS) is 17.5. The summed E-state index contributed by atoms with van der Waals surface area (Å²) >= 11 is 0. The van der Waals surface area contributed by atoms with Gasteiger partial charge in [-0.15, -0.1) is 0 Å². The Morgan fingerprint density at radius 3 is 2.36 bits per heavy atom. The van der Waals surface area contributed by atoms with Crippen molar-refractivity contribution in [2.45, 2.75) is 33.7 Å². The maximum absolute atomic E-state index is 12.4. The lowest BCUT2D eigenvalue weighted by Gasteiger charge is -2.39. The van der Waals surface area contributed by atoms with Crippen LogP contribution < -0.4 is 0 Å². The summed E-state index contributed by atoms with van der Waals surface area (Å²) < 4.78 is 5.98. The highest BCUT2D eigenvalue weighted by Crippen LogP contribution is 2.27. The van der Waals surface area contributed by atoms with Crippen LogP contribution in [-0.4, -0.2) is 46.9 Å². The van der Waals surface area contributed by atoms with Gasteiger partial charge >= 0.3 is 0 Å². The molecule has 1 aromatic carbocycles. The molecular formula is C20H27N3O2. The first-order valence-corrected chi connectivity index (χ1v) is 8.91. The van der Waals surface area contributed by atoms with E-state index in [9.17, 15) is 4.79 Å². The van der Waals surface area contributed by atoms with Crippen LogP contribution in [0, 0.1) is 5.41 Å². The smallest absolute Gasteiger partial charge is 0.228 e. The van der Waals surface area contributed by atoms with Crippen LogP contribution in [0.5, 0.6) is 0 Å². The molecule has 1 atom stereocenters. The summed E-state index contributed by atoms with van der Waals surface area (Å²) in [5, 5.41) is 0. The van der Waals surface area contributed by atoms with Gasteiger partial charge in [-0.25, -0.2) is 4.98 Å². The summed E-state index contributed by atoms with van der Waals surface area (Å²) in [6, 6.07) is 10.1. The summed E-state index contributed by atoms with van der Waals surface area (Å²) in [4.78, 5) is 21.2. The highest BCUT2D eigenvalue weighted by atomic mass is 16.4. The predicted molar refractivity (Wildman–Crippen MR) is 98.0 cm³/mol. The lowest BCUT2D eigenvalue weighted by molar-refractivity contribution is -0.141. The van der Waals surface area contributed by atoms with Crippen molar-refractivity contribution in [1.82, 2.24) is 14.8 Å². The van der Waals surface area contributed by atoms with Crippen LogP contribution in [0.2, 0.25) is 0 Å². The van der Waals surface area contributed by atoms with E-state index in [4.69, 9.17) is 4.42 Å². The Balaban J connectivity index is 1.63. The molecule has 0 saturated carbocycles. The second kappa shape index (κ2) is 7.00. The van der Waals surface area contributed by atoms with Crippen molar-refractivity contribution in [3.8, 4) is 11.3 Å². The fraction of sp³-hybridized carbons (Fsp3) is 0.500. The van der Waals surface area contributed by atoms with Crippen LogP contribution in [0.15, 0.2) is 40.9 Å². The molecule has 2 aromatic rings. The third-order valence-electron chi connectivity index (χ3n) is 4.73. The summed E-state index contributed by atoms with van der Waals surface area (Å²) in [5.74, 6) is 1.75. The van der Waals surface area contributed by atoms with Crippen molar-refractivity contribution >= 4 is 5.91 Å². The van der Waals surface area contributed by atoms with E-state index in [0.717, 1.165) is 43.4 Å². The monoisotopic (exact) mass is 341 g/mol. The van der Waals surface area contributed by atoms with E-state index >= 15 is 0 Å². The molecule has 1 saturated heterocycles. The lowest BCUT2D eigenvalue weighted by atomic mass is 9.94. The molecule has 0 bridgehead atoms. The quantitative estimate of drug-likeness (QED) is 0.856. The van der Waals surface area contributed by atoms with Crippen LogP contribution in [0.4, 0.5) is 0 Å². The summed E-state index contributed by atoms with van der Waals surface area (Å²) in [5.41, 5.74) is 0.718. The summed E-state index contributed by atoms with van der Waals surface area (Å²) in [6.07, 6.45) is 1.79. The molecule has 0 radical (unpaired) electrons. The molecule has 5 nitrogen and oxygen atoms in total. The highest BCUT2D eigenvalue weighted by Gasteiger charge is 2.31. The topological polar surface area (TPSA) is 49.6 Å². The van der Waals surface area contributed by atoms with E-state index in [0.29, 0.717) is 0 Å². The SMILES string of the molecule is C[C@@H](c1ncc(-c2ccccc2)o1)N1CCN(C(=O)C(C)(C)C)CC1. The highest BCUT2D eigenvalue weighted by molar-refractivity contribution is 5.81. The third kappa shape index (κ3) is 3.93. The van der Waals surface area contributed by atoms with Crippen LogP contribution in [0.25, 0.3) is 11.3 Å². The Kier molecular flexibility index (Phi) is 4.95. The van der Waals surface area contributed by atoms with Gasteiger partial charge in [0.25, 0.3) is 0 Å². The minimum Gasteiger partial charge on any atom is -0.439 e. The molecule has 1 fully saturated rings. The number of hydrogen-bond donors (Lipinski definition) is 0. The minimum absolute atomic E-state index is 0.101. The van der Waals surface area contributed by atoms with Crippen molar-refractivity contribution in [1.29, 1.82) is 0 Å². The number of rotatable bonds is 3. The second-order valence-electron chi connectivity index (χ2n) is 7.68. The van der Waals surface area contributed by atoms with Gasteiger partial charge in [0.2, 0.25) is 11.8 Å². The Hall–Kier alpha value is -2.14. The van der Waals surface area contributed by atoms with Gasteiger partial charge in [-0.05, 0) is 6.92 Å². The molecule has 3 rings (SSSR count). The van der Waals surface area contributed by atoms with Crippen molar-refractivity contribution in [3.05, 3.63) is 42.4 Å². The number of carbonyl (C=O) groups is 1. The van der Waals surface area contributed by atoms with E-state index in [2.05, 4.69) is 16.8 Å². The molecule has 5 heteroatoms. The van der Waals surface area contributed by atoms with Crippen molar-refractivity contribution < 1.29 is 9.21 Å². The van der Waals surface area contributed by atoms with Gasteiger partial charge in [-0.2, -0.15) is 0 Å². The fourth-order valence-electron chi connectivity index (χ4n) is 3.16. The largest absolute Gasteiger partial charge is 0.439 e. The van der Waals surface area contributed by atoms with E-state index in [1.54, 1.807) is 6.20 Å². The van der Waals surface area contributed by atoms with Gasteiger partial charge in [0.05, 0.1) is 12.2 Å². The zero-order valence-corrected chi connectivity index (χ0v) is 15.5. The Morgan fingerprint density at radius 1 is 1.12 bits per heavy atom. The molecule has 0 N–H and O–H groups in total. The predicted octanol–water partition coefficient (Wildman–Crippen LogP) is 3.59. The molecule has 1 amide bonds. The molecule has 1 aliphatic heterocycles. The molecule has 2 heterocycles. The van der Waals surface area contributed by atoms with E-state index in [-0.39, 0.29) is 17.4 Å². The average molecular weight is 341 g/mol. The number of piperazine rings is 1. The molecule has 25 heavy (non-hydrogen) atoms. The Morgan fingerprint density at radius 2 is 1.76 bits per heavy atom. The Labute approximate surface area is 149 Å². The maximum Gasteiger partial charge on any atom is 0.228 e. The van der Waals surface area contributed by atoms with Crippen LogP contribution in [0.1, 0.15) is 39.6 Å². The maximum atomic E-state index is 12.4. The zero-order chi connectivity index (χ0) is 18.0. The molecule has 1 aliphatic rings. The van der Waals surface area contributed by atoms with E-state index < -0.39 is 0 Å². The first kappa shape index (κ1) is 17.7. The lowest BCUT2D eigenvalue weighted by Crippen LogP contribution is -2.52. The minimum atomic E-state index is -0.319. The van der Waals surface area contributed by atoms with Crippen LogP contribution >= 0.6 is 0 Å². The van der Waals surface area contributed by atoms with E-state index in [1.807, 2.05) is 56.0 Å². The number of hydrogen-bond acceptors (Lipinski definition) is 4. The van der Waals surface area contributed by atoms with E-state index in [1.165, 1.54) is 0 Å². The van der Waals surface area contributed by atoms with Crippen molar-refractivity contribution in [3.63, 3.8) is 0 Å². The number of amides is 1. The van der Waals surface area contributed by atoms with Crippen molar-refractivity contribution in [2.75, 3.05) is 26.2 Å². The molecular weight excluding hydrogens is 314 g/mol. The number of carbonyl (C=O) groups excluding carboxylic acids is 1. The third-order valence-corrected chi connectivity index (χ3v) is 4.73. The number of benzene rings is 1. The summed E-state index contributed by atoms with van der Waals surface area (Å²) in [7, 11) is 0. The zero-order valence-electron chi connectivity index (χ0n) is 15.5. The molecule has 134 valence electrons. The Bertz CT molecular complexity index is 710. The molecule has 0 aliphatic carbocycles. The van der Waals surface area contributed by atoms with Gasteiger partial charge in [-0.3, -0.25) is 9.69 Å². The van der Waals surface area contributed by atoms with Gasteiger partial charge < -0.3 is 9.32 Å². The number of nitrogens with zero attached hydrogens (tertiary/aromatic N) is 3. The summed E-state index contributed by atoms with van der Waals surface area (Å²) in [6.45, 7) is 11.2.